The summed E-state index contributed by atoms with van der Waals surface area (Å²) >= 11 is 0. The van der Waals surface area contributed by atoms with Crippen molar-refractivity contribution in [2.24, 2.45) is 11.8 Å². The largest absolute Gasteiger partial charge is 0.340 e. The molecule has 1 heterocycles. The zero-order valence-electron chi connectivity index (χ0n) is 23.2. The van der Waals surface area contributed by atoms with Crippen LogP contribution in [0.15, 0.2) is 0 Å². The number of rotatable bonds is 21. The average molecular weight is 465 g/mol. The molecule has 0 spiro atoms. The quantitative estimate of drug-likeness (QED) is 0.159. The average Bonchev–Trinajstić information content (AvgIpc) is 2.83. The number of piperazine rings is 1. The fourth-order valence-electron chi connectivity index (χ4n) is 5.36. The minimum atomic E-state index is 0.282. The summed E-state index contributed by atoms with van der Waals surface area (Å²) in [6.07, 6.45) is 23.4. The minimum Gasteiger partial charge on any atom is -0.340 e. The van der Waals surface area contributed by atoms with Gasteiger partial charge in [0.15, 0.2) is 0 Å². The Morgan fingerprint density at radius 1 is 0.606 bits per heavy atom. The Morgan fingerprint density at radius 3 is 1.64 bits per heavy atom. The van der Waals surface area contributed by atoms with Gasteiger partial charge < -0.3 is 4.90 Å². The van der Waals surface area contributed by atoms with E-state index in [-0.39, 0.29) is 5.92 Å². The molecule has 1 amide bonds. The molecule has 0 bridgehead atoms. The third-order valence-corrected chi connectivity index (χ3v) is 7.82. The third kappa shape index (κ3) is 15.1. The molecule has 0 N–H and O–H groups in total. The summed E-state index contributed by atoms with van der Waals surface area (Å²) in [6.45, 7) is 14.5. The van der Waals surface area contributed by atoms with Gasteiger partial charge in [-0.3, -0.25) is 9.69 Å². The maximum Gasteiger partial charge on any atom is 0.225 e. The summed E-state index contributed by atoms with van der Waals surface area (Å²) < 4.78 is 0. The molecule has 1 aliphatic rings. The lowest BCUT2D eigenvalue weighted by molar-refractivity contribution is -0.137. The van der Waals surface area contributed by atoms with E-state index in [1.165, 1.54) is 109 Å². The number of hydrogen-bond acceptors (Lipinski definition) is 2. The maximum absolute atomic E-state index is 13.4. The van der Waals surface area contributed by atoms with Crippen molar-refractivity contribution in [3.63, 3.8) is 0 Å². The molecule has 1 atom stereocenters. The van der Waals surface area contributed by atoms with Crippen molar-refractivity contribution in [3.8, 4) is 0 Å². The van der Waals surface area contributed by atoms with Crippen LogP contribution in [0.25, 0.3) is 0 Å². The molecule has 3 heteroatoms. The summed E-state index contributed by atoms with van der Waals surface area (Å²) in [5.41, 5.74) is 0. The van der Waals surface area contributed by atoms with E-state index in [4.69, 9.17) is 0 Å². The lowest BCUT2D eigenvalue weighted by atomic mass is 9.92. The van der Waals surface area contributed by atoms with E-state index in [1.807, 2.05) is 0 Å². The van der Waals surface area contributed by atoms with Crippen LogP contribution in [-0.4, -0.2) is 48.4 Å². The first kappa shape index (κ1) is 30.5. The monoisotopic (exact) mass is 464 g/mol. The van der Waals surface area contributed by atoms with E-state index < -0.39 is 0 Å². The zero-order chi connectivity index (χ0) is 24.2. The summed E-state index contributed by atoms with van der Waals surface area (Å²) in [4.78, 5) is 18.2. The highest BCUT2D eigenvalue weighted by molar-refractivity contribution is 5.79. The van der Waals surface area contributed by atoms with Crippen LogP contribution >= 0.6 is 0 Å². The van der Waals surface area contributed by atoms with Crippen molar-refractivity contribution in [3.05, 3.63) is 0 Å². The molecule has 1 unspecified atom stereocenters. The van der Waals surface area contributed by atoms with E-state index >= 15 is 0 Å². The van der Waals surface area contributed by atoms with E-state index in [1.54, 1.807) is 0 Å². The molecule has 1 saturated heterocycles. The van der Waals surface area contributed by atoms with Gasteiger partial charge in [0.1, 0.15) is 0 Å². The van der Waals surface area contributed by atoms with Gasteiger partial charge in [0.2, 0.25) is 5.91 Å². The topological polar surface area (TPSA) is 23.6 Å². The van der Waals surface area contributed by atoms with Gasteiger partial charge in [0, 0.05) is 32.1 Å². The van der Waals surface area contributed by atoms with Gasteiger partial charge in [-0.15, -0.1) is 0 Å². The molecule has 0 radical (unpaired) electrons. The molecule has 0 aromatic rings. The summed E-state index contributed by atoms with van der Waals surface area (Å²) in [5.74, 6) is 1.65. The second-order valence-electron chi connectivity index (χ2n) is 11.0. The number of hydrogen-bond donors (Lipinski definition) is 0. The molecule has 0 aliphatic carbocycles. The highest BCUT2D eigenvalue weighted by Gasteiger charge is 2.26. The molecule has 1 aliphatic heterocycles. The maximum atomic E-state index is 13.4. The van der Waals surface area contributed by atoms with Crippen molar-refractivity contribution in [2.75, 3.05) is 32.7 Å². The van der Waals surface area contributed by atoms with Crippen LogP contribution in [0.4, 0.5) is 0 Å². The Hall–Kier alpha value is -0.570. The van der Waals surface area contributed by atoms with Crippen LogP contribution < -0.4 is 0 Å². The van der Waals surface area contributed by atoms with Crippen LogP contribution in [0, 0.1) is 11.8 Å². The van der Waals surface area contributed by atoms with Crippen LogP contribution in [-0.2, 0) is 4.79 Å². The fourth-order valence-corrected chi connectivity index (χ4v) is 5.36. The number of unbranched alkanes of at least 4 members (excludes halogenated alkanes) is 10. The van der Waals surface area contributed by atoms with E-state index in [2.05, 4.69) is 37.5 Å². The molecule has 3 nitrogen and oxygen atoms in total. The van der Waals surface area contributed by atoms with Crippen molar-refractivity contribution in [1.29, 1.82) is 0 Å². The zero-order valence-corrected chi connectivity index (χ0v) is 23.2. The molecule has 0 saturated carbocycles. The first-order valence-electron chi connectivity index (χ1n) is 15.1. The van der Waals surface area contributed by atoms with Crippen molar-refractivity contribution in [2.45, 2.75) is 143 Å². The predicted octanol–water partition coefficient (Wildman–Crippen LogP) is 8.46. The lowest BCUT2D eigenvalue weighted by Crippen LogP contribution is -2.50. The SMILES string of the molecule is CCCCCCCC(CCCCCCC)C(=O)N1CCN(CCCCC(C)CCCC)CC1. The van der Waals surface area contributed by atoms with Gasteiger partial charge in [-0.25, -0.2) is 0 Å². The van der Waals surface area contributed by atoms with Gasteiger partial charge in [0.25, 0.3) is 0 Å². The van der Waals surface area contributed by atoms with Crippen LogP contribution in [0.5, 0.6) is 0 Å². The smallest absolute Gasteiger partial charge is 0.225 e. The highest BCUT2D eigenvalue weighted by Crippen LogP contribution is 2.22. The summed E-state index contributed by atoms with van der Waals surface area (Å²) in [5, 5.41) is 0. The molecule has 1 fully saturated rings. The summed E-state index contributed by atoms with van der Waals surface area (Å²) in [7, 11) is 0. The van der Waals surface area contributed by atoms with Gasteiger partial charge in [-0.2, -0.15) is 0 Å². The Balaban J connectivity index is 2.32. The van der Waals surface area contributed by atoms with Crippen LogP contribution in [0.2, 0.25) is 0 Å². The number of carbonyl (C=O) groups is 1. The van der Waals surface area contributed by atoms with E-state index in [0.29, 0.717) is 5.91 Å². The number of amides is 1. The molecule has 196 valence electrons. The van der Waals surface area contributed by atoms with Gasteiger partial charge in [0.05, 0.1) is 0 Å². The molecule has 1 rings (SSSR count). The Morgan fingerprint density at radius 2 is 1.09 bits per heavy atom. The lowest BCUT2D eigenvalue weighted by Gasteiger charge is -2.36. The van der Waals surface area contributed by atoms with Gasteiger partial charge >= 0.3 is 0 Å². The molecular weight excluding hydrogens is 404 g/mol. The van der Waals surface area contributed by atoms with E-state index in [9.17, 15) is 4.79 Å². The molecule has 33 heavy (non-hydrogen) atoms. The normalized spacial score (nSPS) is 16.0. The minimum absolute atomic E-state index is 0.282. The van der Waals surface area contributed by atoms with Gasteiger partial charge in [-0.1, -0.05) is 124 Å². The second-order valence-corrected chi connectivity index (χ2v) is 11.0. The van der Waals surface area contributed by atoms with E-state index in [0.717, 1.165) is 44.9 Å². The summed E-state index contributed by atoms with van der Waals surface area (Å²) in [6, 6.07) is 0. The molecule has 0 aromatic carbocycles. The molecule has 0 aromatic heterocycles. The van der Waals surface area contributed by atoms with Gasteiger partial charge in [-0.05, 0) is 31.7 Å². The second kappa shape index (κ2) is 20.8. The first-order valence-corrected chi connectivity index (χ1v) is 15.1. The fraction of sp³-hybridized carbons (Fsp3) is 0.967. The van der Waals surface area contributed by atoms with Crippen LogP contribution in [0.3, 0.4) is 0 Å². The Labute approximate surface area is 208 Å². The first-order chi connectivity index (χ1) is 16.1. The standard InChI is InChI=1S/C30H60N2O/c1-5-8-11-13-15-21-29(22-16-14-12-9-6-2)30(33)32-26-24-31(25-27-32)23-18-17-20-28(4)19-10-7-3/h28-29H,5-27H2,1-4H3. The van der Waals surface area contributed by atoms with Crippen molar-refractivity contribution < 1.29 is 4.79 Å². The third-order valence-electron chi connectivity index (χ3n) is 7.82. The Kier molecular flexibility index (Phi) is 19.2. The molecular formula is C30H60N2O. The van der Waals surface area contributed by atoms with Crippen molar-refractivity contribution >= 4 is 5.91 Å². The Bertz CT molecular complexity index is 431. The van der Waals surface area contributed by atoms with Crippen LogP contribution in [0.1, 0.15) is 143 Å². The number of nitrogens with zero attached hydrogens (tertiary/aromatic N) is 2. The van der Waals surface area contributed by atoms with Crippen molar-refractivity contribution in [1.82, 2.24) is 9.80 Å². The number of carbonyl (C=O) groups excluding carboxylic acids is 1. The highest BCUT2D eigenvalue weighted by atomic mass is 16.2. The predicted molar refractivity (Wildman–Crippen MR) is 146 cm³/mol.